The molecule has 1 aromatic rings. The Morgan fingerprint density at radius 3 is 2.81 bits per heavy atom. The molecular weight excluding hydrogens is 202 g/mol. The van der Waals surface area contributed by atoms with Crippen LogP contribution >= 0.6 is 0 Å². The quantitative estimate of drug-likeness (QED) is 0.769. The molecule has 0 aliphatic carbocycles. The summed E-state index contributed by atoms with van der Waals surface area (Å²) in [6, 6.07) is 0.366. The molecule has 0 bridgehead atoms. The monoisotopic (exact) mass is 225 g/mol. The van der Waals surface area contributed by atoms with Gasteiger partial charge in [-0.25, -0.2) is 0 Å². The molecule has 0 radical (unpaired) electrons. The normalized spacial score (nSPS) is 15.0. The van der Waals surface area contributed by atoms with E-state index >= 15 is 0 Å². The molecule has 0 fully saturated rings. The molecule has 0 spiro atoms. The molecule has 1 rings (SSSR count). The number of ether oxygens (including phenoxy) is 1. The number of aromatic nitrogens is 2. The Labute approximate surface area is 98.0 Å². The van der Waals surface area contributed by atoms with E-state index in [1.165, 1.54) is 5.56 Å². The average Bonchev–Trinajstić information content (AvgIpc) is 2.74. The Morgan fingerprint density at radius 2 is 2.31 bits per heavy atom. The molecular formula is C12H23N3O. The van der Waals surface area contributed by atoms with Crippen molar-refractivity contribution in [3.63, 3.8) is 0 Å². The summed E-state index contributed by atoms with van der Waals surface area (Å²) >= 11 is 0. The van der Waals surface area contributed by atoms with E-state index in [-0.39, 0.29) is 0 Å². The number of nitrogens with one attached hydrogen (secondary N) is 1. The number of nitrogens with zero attached hydrogens (tertiary/aromatic N) is 2. The topological polar surface area (TPSA) is 39.1 Å². The third kappa shape index (κ3) is 3.61. The van der Waals surface area contributed by atoms with Gasteiger partial charge >= 0.3 is 0 Å². The number of rotatable bonds is 7. The maximum Gasteiger partial charge on any atom is 0.0537 e. The summed E-state index contributed by atoms with van der Waals surface area (Å²) in [5.41, 5.74) is 1.26. The molecule has 4 heteroatoms. The van der Waals surface area contributed by atoms with Crippen molar-refractivity contribution >= 4 is 0 Å². The molecule has 1 heterocycles. The van der Waals surface area contributed by atoms with Gasteiger partial charge in [-0.1, -0.05) is 6.92 Å². The lowest BCUT2D eigenvalue weighted by atomic mass is 9.99. The highest BCUT2D eigenvalue weighted by molar-refractivity contribution is 5.10. The van der Waals surface area contributed by atoms with Gasteiger partial charge in [-0.2, -0.15) is 5.10 Å². The molecule has 92 valence electrons. The van der Waals surface area contributed by atoms with Gasteiger partial charge in [0.15, 0.2) is 0 Å². The van der Waals surface area contributed by atoms with Crippen LogP contribution in [-0.4, -0.2) is 30.5 Å². The average molecular weight is 225 g/mol. The SMILES string of the molecule is CCn1cc(C(CC(C)COC)NC)cn1. The number of hydrogen-bond acceptors (Lipinski definition) is 3. The molecule has 0 aliphatic rings. The zero-order valence-electron chi connectivity index (χ0n) is 10.7. The molecule has 0 saturated carbocycles. The van der Waals surface area contributed by atoms with Crippen LogP contribution < -0.4 is 5.32 Å². The molecule has 4 nitrogen and oxygen atoms in total. The Bertz CT molecular complexity index is 298. The van der Waals surface area contributed by atoms with Gasteiger partial charge in [0.05, 0.1) is 6.20 Å². The van der Waals surface area contributed by atoms with Crippen molar-refractivity contribution in [2.45, 2.75) is 32.9 Å². The summed E-state index contributed by atoms with van der Waals surface area (Å²) in [4.78, 5) is 0. The Kier molecular flexibility index (Phi) is 5.49. The second-order valence-corrected chi connectivity index (χ2v) is 4.27. The molecule has 1 N–H and O–H groups in total. The smallest absolute Gasteiger partial charge is 0.0537 e. The number of methoxy groups -OCH3 is 1. The van der Waals surface area contributed by atoms with E-state index in [1.54, 1.807) is 7.11 Å². The maximum atomic E-state index is 5.16. The fourth-order valence-corrected chi connectivity index (χ4v) is 1.91. The van der Waals surface area contributed by atoms with Gasteiger partial charge < -0.3 is 10.1 Å². The summed E-state index contributed by atoms with van der Waals surface area (Å²) in [5.74, 6) is 0.549. The third-order valence-electron chi connectivity index (χ3n) is 2.82. The first-order chi connectivity index (χ1) is 7.71. The molecule has 16 heavy (non-hydrogen) atoms. The van der Waals surface area contributed by atoms with E-state index in [9.17, 15) is 0 Å². The van der Waals surface area contributed by atoms with Crippen LogP contribution in [0, 0.1) is 5.92 Å². The van der Waals surface area contributed by atoms with Crippen molar-refractivity contribution in [1.82, 2.24) is 15.1 Å². The van der Waals surface area contributed by atoms with Gasteiger partial charge in [0.25, 0.3) is 0 Å². The predicted octanol–water partition coefficient (Wildman–Crippen LogP) is 1.84. The van der Waals surface area contributed by atoms with Crippen LogP contribution in [0.4, 0.5) is 0 Å². The van der Waals surface area contributed by atoms with Crippen LogP contribution in [0.2, 0.25) is 0 Å². The summed E-state index contributed by atoms with van der Waals surface area (Å²) in [5, 5.41) is 7.64. The highest BCUT2D eigenvalue weighted by Crippen LogP contribution is 2.20. The van der Waals surface area contributed by atoms with Crippen molar-refractivity contribution in [2.24, 2.45) is 5.92 Å². The van der Waals surface area contributed by atoms with Gasteiger partial charge in [0, 0.05) is 38.1 Å². The highest BCUT2D eigenvalue weighted by Gasteiger charge is 2.15. The van der Waals surface area contributed by atoms with Crippen molar-refractivity contribution < 1.29 is 4.74 Å². The lowest BCUT2D eigenvalue weighted by Crippen LogP contribution is -2.20. The van der Waals surface area contributed by atoms with Crippen molar-refractivity contribution in [3.8, 4) is 0 Å². The van der Waals surface area contributed by atoms with Crippen LogP contribution in [0.15, 0.2) is 12.4 Å². The third-order valence-corrected chi connectivity index (χ3v) is 2.82. The second kappa shape index (κ2) is 6.66. The second-order valence-electron chi connectivity index (χ2n) is 4.27. The van der Waals surface area contributed by atoms with E-state index in [0.717, 1.165) is 19.6 Å². The zero-order valence-corrected chi connectivity index (χ0v) is 10.7. The van der Waals surface area contributed by atoms with Gasteiger partial charge in [0.2, 0.25) is 0 Å². The fourth-order valence-electron chi connectivity index (χ4n) is 1.91. The van der Waals surface area contributed by atoms with Gasteiger partial charge in [-0.15, -0.1) is 0 Å². The van der Waals surface area contributed by atoms with E-state index in [2.05, 4.69) is 30.5 Å². The summed E-state index contributed by atoms with van der Waals surface area (Å²) < 4.78 is 7.12. The minimum Gasteiger partial charge on any atom is -0.384 e. The molecule has 0 aliphatic heterocycles. The van der Waals surface area contributed by atoms with Crippen LogP contribution in [0.5, 0.6) is 0 Å². The van der Waals surface area contributed by atoms with Crippen molar-refractivity contribution in [2.75, 3.05) is 20.8 Å². The molecule has 0 amide bonds. The van der Waals surface area contributed by atoms with Gasteiger partial charge in [-0.3, -0.25) is 4.68 Å². The Balaban J connectivity index is 2.59. The largest absolute Gasteiger partial charge is 0.384 e. The summed E-state index contributed by atoms with van der Waals surface area (Å²) in [7, 11) is 3.74. The van der Waals surface area contributed by atoms with E-state index < -0.39 is 0 Å². The van der Waals surface area contributed by atoms with E-state index in [0.29, 0.717) is 12.0 Å². The summed E-state index contributed by atoms with van der Waals surface area (Å²) in [6.45, 7) is 6.03. The maximum absolute atomic E-state index is 5.16. The van der Waals surface area contributed by atoms with Crippen LogP contribution in [0.3, 0.4) is 0 Å². The van der Waals surface area contributed by atoms with Crippen LogP contribution in [0.25, 0.3) is 0 Å². The number of hydrogen-bond donors (Lipinski definition) is 1. The minimum atomic E-state index is 0.366. The molecule has 2 atom stereocenters. The standard InChI is InChI=1S/C12H23N3O/c1-5-15-8-11(7-14-15)12(13-3)6-10(2)9-16-4/h7-8,10,12-13H,5-6,9H2,1-4H3. The fraction of sp³-hybridized carbons (Fsp3) is 0.750. The first-order valence-corrected chi connectivity index (χ1v) is 5.89. The number of aryl methyl sites for hydroxylation is 1. The van der Waals surface area contributed by atoms with E-state index in [4.69, 9.17) is 4.74 Å². The lowest BCUT2D eigenvalue weighted by Gasteiger charge is -2.18. The minimum absolute atomic E-state index is 0.366. The van der Waals surface area contributed by atoms with Crippen molar-refractivity contribution in [3.05, 3.63) is 18.0 Å². The van der Waals surface area contributed by atoms with E-state index in [1.807, 2.05) is 17.9 Å². The first-order valence-electron chi connectivity index (χ1n) is 5.89. The Hall–Kier alpha value is -0.870. The molecule has 0 saturated heterocycles. The molecule has 0 aromatic carbocycles. The molecule has 2 unspecified atom stereocenters. The summed E-state index contributed by atoms with van der Waals surface area (Å²) in [6.07, 6.45) is 5.13. The predicted molar refractivity (Wildman–Crippen MR) is 65.4 cm³/mol. The Morgan fingerprint density at radius 1 is 1.56 bits per heavy atom. The van der Waals surface area contributed by atoms with Crippen molar-refractivity contribution in [1.29, 1.82) is 0 Å². The molecule has 1 aromatic heterocycles. The first kappa shape index (κ1) is 13.2. The van der Waals surface area contributed by atoms with Crippen LogP contribution in [0.1, 0.15) is 31.9 Å². The highest BCUT2D eigenvalue weighted by atomic mass is 16.5. The van der Waals surface area contributed by atoms with Gasteiger partial charge in [-0.05, 0) is 26.3 Å². The lowest BCUT2D eigenvalue weighted by molar-refractivity contribution is 0.150. The zero-order chi connectivity index (χ0) is 12.0. The van der Waals surface area contributed by atoms with Gasteiger partial charge in [0.1, 0.15) is 0 Å². The van der Waals surface area contributed by atoms with Crippen LogP contribution in [-0.2, 0) is 11.3 Å².